The number of thiazole rings is 1. The number of hydrogen-bond donors (Lipinski definition) is 0. The maximum Gasteiger partial charge on any atom is 0.265 e. The van der Waals surface area contributed by atoms with Crippen LogP contribution >= 0.6 is 22.9 Å². The summed E-state index contributed by atoms with van der Waals surface area (Å²) in [6, 6.07) is 1.85. The van der Waals surface area contributed by atoms with Crippen LogP contribution in [-0.2, 0) is 23.1 Å². The molecule has 22 heavy (non-hydrogen) atoms. The van der Waals surface area contributed by atoms with E-state index in [1.165, 1.54) is 11.3 Å². The molecule has 0 N–H and O–H groups in total. The lowest BCUT2D eigenvalue weighted by Gasteiger charge is -2.16. The van der Waals surface area contributed by atoms with E-state index in [0.717, 1.165) is 5.69 Å². The van der Waals surface area contributed by atoms with E-state index in [2.05, 4.69) is 4.98 Å². The average molecular weight is 342 g/mol. The van der Waals surface area contributed by atoms with E-state index in [1.807, 2.05) is 23.9 Å². The van der Waals surface area contributed by atoms with Crippen LogP contribution in [0.15, 0.2) is 18.5 Å². The molecule has 118 valence electrons. The van der Waals surface area contributed by atoms with Crippen molar-refractivity contribution >= 4 is 28.8 Å². The number of carbonyl (C=O) groups is 1. The number of ether oxygens (including phenoxy) is 2. The second-order valence-electron chi connectivity index (χ2n) is 5.06. The van der Waals surface area contributed by atoms with Gasteiger partial charge in [-0.2, -0.15) is 0 Å². The Labute approximate surface area is 137 Å². The Morgan fingerprint density at radius 1 is 1.55 bits per heavy atom. The summed E-state index contributed by atoms with van der Waals surface area (Å²) in [5.41, 5.74) is 0.966. The topological polar surface area (TPSA) is 56.6 Å². The second kappa shape index (κ2) is 6.37. The molecule has 0 bridgehead atoms. The molecule has 1 saturated heterocycles. The molecule has 0 unspecified atom stereocenters. The molecule has 8 heteroatoms. The van der Waals surface area contributed by atoms with Crippen LogP contribution in [0.1, 0.15) is 26.7 Å². The molecule has 0 spiro atoms. The number of nitrogens with zero attached hydrogens (tertiary/aromatic N) is 3. The first kappa shape index (κ1) is 15.5. The Morgan fingerprint density at radius 2 is 2.27 bits per heavy atom. The standard InChI is InChI=1S/C14H16ClN3O3S/c1-17-7-9(15)5-10(17)8-18(2)13(19)11-6-16-12(22-11)14-20-3-4-21-14/h5-7,14H,3-4,8H2,1-2H3. The van der Waals surface area contributed by atoms with Crippen molar-refractivity contribution in [3.05, 3.63) is 39.1 Å². The summed E-state index contributed by atoms with van der Waals surface area (Å²) in [4.78, 5) is 18.9. The molecule has 2 aromatic heterocycles. The first-order chi connectivity index (χ1) is 10.5. The Balaban J connectivity index is 1.69. The third-order valence-corrected chi connectivity index (χ3v) is 4.59. The zero-order valence-electron chi connectivity index (χ0n) is 12.3. The second-order valence-corrected chi connectivity index (χ2v) is 6.56. The zero-order valence-corrected chi connectivity index (χ0v) is 13.9. The predicted octanol–water partition coefficient (Wildman–Crippen LogP) is 2.45. The van der Waals surface area contributed by atoms with Crippen LogP contribution in [0, 0.1) is 0 Å². The van der Waals surface area contributed by atoms with Gasteiger partial charge in [0.05, 0.1) is 31.0 Å². The van der Waals surface area contributed by atoms with E-state index in [9.17, 15) is 4.79 Å². The van der Waals surface area contributed by atoms with Gasteiger partial charge in [-0.1, -0.05) is 11.6 Å². The fourth-order valence-corrected chi connectivity index (χ4v) is 3.41. The van der Waals surface area contributed by atoms with E-state index in [4.69, 9.17) is 21.1 Å². The Hall–Kier alpha value is -1.41. The SMILES string of the molecule is CN(Cc1cc(Cl)cn1C)C(=O)c1cnc(C2OCCO2)s1. The summed E-state index contributed by atoms with van der Waals surface area (Å²) in [6.45, 7) is 1.59. The van der Waals surface area contributed by atoms with E-state index in [-0.39, 0.29) is 5.91 Å². The molecular weight excluding hydrogens is 326 g/mol. The number of rotatable bonds is 4. The smallest absolute Gasteiger partial charge is 0.265 e. The lowest BCUT2D eigenvalue weighted by atomic mass is 10.3. The minimum absolute atomic E-state index is 0.0842. The third-order valence-electron chi connectivity index (χ3n) is 3.38. The van der Waals surface area contributed by atoms with Gasteiger partial charge in [0.2, 0.25) is 6.29 Å². The van der Waals surface area contributed by atoms with Crippen molar-refractivity contribution in [2.45, 2.75) is 12.8 Å². The van der Waals surface area contributed by atoms with Crippen LogP contribution in [0.5, 0.6) is 0 Å². The highest BCUT2D eigenvalue weighted by Crippen LogP contribution is 2.28. The lowest BCUT2D eigenvalue weighted by Crippen LogP contribution is -2.26. The van der Waals surface area contributed by atoms with Gasteiger partial charge in [-0.15, -0.1) is 11.3 Å². The van der Waals surface area contributed by atoms with Crippen molar-refractivity contribution < 1.29 is 14.3 Å². The summed E-state index contributed by atoms with van der Waals surface area (Å²) < 4.78 is 12.7. The first-order valence-corrected chi connectivity index (χ1v) is 7.99. The highest BCUT2D eigenvalue weighted by atomic mass is 35.5. The quantitative estimate of drug-likeness (QED) is 0.857. The molecule has 6 nitrogen and oxygen atoms in total. The molecule has 1 aliphatic rings. The van der Waals surface area contributed by atoms with Crippen molar-refractivity contribution in [2.75, 3.05) is 20.3 Å². The molecule has 1 fully saturated rings. The van der Waals surface area contributed by atoms with Gasteiger partial charge >= 0.3 is 0 Å². The minimum Gasteiger partial charge on any atom is -0.351 e. The van der Waals surface area contributed by atoms with Crippen LogP contribution in [-0.4, -0.2) is 40.6 Å². The molecule has 0 atom stereocenters. The summed E-state index contributed by atoms with van der Waals surface area (Å²) in [5, 5.41) is 1.34. The lowest BCUT2D eigenvalue weighted by molar-refractivity contribution is -0.0442. The highest BCUT2D eigenvalue weighted by molar-refractivity contribution is 7.13. The minimum atomic E-state index is -0.441. The number of halogens is 1. The number of hydrogen-bond acceptors (Lipinski definition) is 5. The van der Waals surface area contributed by atoms with Gasteiger partial charge in [0.25, 0.3) is 5.91 Å². The fourth-order valence-electron chi connectivity index (χ4n) is 2.22. The van der Waals surface area contributed by atoms with E-state index in [0.29, 0.717) is 34.7 Å². The van der Waals surface area contributed by atoms with Gasteiger partial charge in [-0.3, -0.25) is 4.79 Å². The van der Waals surface area contributed by atoms with Crippen LogP contribution in [0.2, 0.25) is 5.02 Å². The molecule has 3 rings (SSSR count). The maximum atomic E-state index is 12.5. The molecular formula is C14H16ClN3O3S. The number of amides is 1. The van der Waals surface area contributed by atoms with Crippen molar-refractivity contribution in [1.82, 2.24) is 14.5 Å². The van der Waals surface area contributed by atoms with E-state index < -0.39 is 6.29 Å². The maximum absolute atomic E-state index is 12.5. The number of aromatic nitrogens is 2. The van der Waals surface area contributed by atoms with Gasteiger partial charge in [-0.05, 0) is 6.07 Å². The fraction of sp³-hybridized carbons (Fsp3) is 0.429. The molecule has 1 amide bonds. The van der Waals surface area contributed by atoms with Crippen LogP contribution in [0.4, 0.5) is 0 Å². The predicted molar refractivity (Wildman–Crippen MR) is 83.0 cm³/mol. The van der Waals surface area contributed by atoms with Gasteiger partial charge in [0, 0.05) is 26.0 Å². The van der Waals surface area contributed by atoms with Crippen molar-refractivity contribution in [3.63, 3.8) is 0 Å². The number of aryl methyl sites for hydroxylation is 1. The Morgan fingerprint density at radius 3 is 2.91 bits per heavy atom. The van der Waals surface area contributed by atoms with E-state index in [1.54, 1.807) is 18.1 Å². The average Bonchev–Trinajstić information content (AvgIpc) is 3.19. The Kier molecular flexibility index (Phi) is 4.49. The normalized spacial score (nSPS) is 15.4. The number of carbonyl (C=O) groups excluding carboxylic acids is 1. The molecule has 2 aromatic rings. The van der Waals surface area contributed by atoms with Crippen LogP contribution in [0.25, 0.3) is 0 Å². The monoisotopic (exact) mass is 341 g/mol. The van der Waals surface area contributed by atoms with Crippen LogP contribution < -0.4 is 0 Å². The van der Waals surface area contributed by atoms with E-state index >= 15 is 0 Å². The molecule has 0 saturated carbocycles. The van der Waals surface area contributed by atoms with Gasteiger partial charge in [0.15, 0.2) is 0 Å². The van der Waals surface area contributed by atoms with Crippen LogP contribution in [0.3, 0.4) is 0 Å². The summed E-state index contributed by atoms with van der Waals surface area (Å²) in [7, 11) is 3.66. The molecule has 1 aliphatic heterocycles. The summed E-state index contributed by atoms with van der Waals surface area (Å²) in [6.07, 6.45) is 2.94. The highest BCUT2D eigenvalue weighted by Gasteiger charge is 2.24. The van der Waals surface area contributed by atoms with Crippen molar-refractivity contribution in [3.8, 4) is 0 Å². The molecule has 0 aromatic carbocycles. The molecule has 0 aliphatic carbocycles. The van der Waals surface area contributed by atoms with Gasteiger partial charge in [0.1, 0.15) is 9.88 Å². The van der Waals surface area contributed by atoms with Crippen molar-refractivity contribution in [2.24, 2.45) is 7.05 Å². The van der Waals surface area contributed by atoms with Gasteiger partial charge < -0.3 is 18.9 Å². The zero-order chi connectivity index (χ0) is 15.7. The first-order valence-electron chi connectivity index (χ1n) is 6.79. The third kappa shape index (κ3) is 3.17. The largest absolute Gasteiger partial charge is 0.351 e. The Bertz CT molecular complexity index is 679. The molecule has 0 radical (unpaired) electrons. The van der Waals surface area contributed by atoms with Crippen molar-refractivity contribution in [1.29, 1.82) is 0 Å². The molecule has 3 heterocycles. The summed E-state index contributed by atoms with van der Waals surface area (Å²) in [5.74, 6) is -0.0842. The van der Waals surface area contributed by atoms with Gasteiger partial charge in [-0.25, -0.2) is 4.98 Å². The summed E-state index contributed by atoms with van der Waals surface area (Å²) >= 11 is 7.26.